The Balaban J connectivity index is 1.71. The molecule has 0 saturated heterocycles. The summed E-state index contributed by atoms with van der Waals surface area (Å²) in [4.78, 5) is 12.4. The van der Waals surface area contributed by atoms with Crippen LogP contribution in [0.3, 0.4) is 0 Å². The number of carbonyl (C=O) groups is 1. The van der Waals surface area contributed by atoms with Crippen LogP contribution in [0.4, 0.5) is 0 Å². The van der Waals surface area contributed by atoms with Crippen molar-refractivity contribution in [3.8, 4) is 11.5 Å². The smallest absolute Gasteiger partial charge is 0.460 e. The summed E-state index contributed by atoms with van der Waals surface area (Å²) in [6.07, 6.45) is 0. The van der Waals surface area contributed by atoms with Gasteiger partial charge in [0, 0.05) is 0 Å². The number of esters is 1. The molecule has 0 aromatic heterocycles. The van der Waals surface area contributed by atoms with Crippen molar-refractivity contribution in [2.24, 2.45) is 0 Å². The quantitative estimate of drug-likeness (QED) is 0.371. The fourth-order valence-electron chi connectivity index (χ4n) is 2.57. The predicted molar refractivity (Wildman–Crippen MR) is 115 cm³/mol. The van der Waals surface area contributed by atoms with Gasteiger partial charge in [-0.05, 0) is 43.7 Å². The van der Waals surface area contributed by atoms with E-state index in [-0.39, 0.29) is 6.61 Å². The number of hydrogen-bond donors (Lipinski definition) is 1. The molecule has 3 aromatic rings. The summed E-state index contributed by atoms with van der Waals surface area (Å²) >= 11 is 0. The summed E-state index contributed by atoms with van der Waals surface area (Å²) in [5, 5.41) is 2.68. The van der Waals surface area contributed by atoms with Crippen LogP contribution in [0.5, 0.6) is 11.5 Å². The zero-order valence-corrected chi connectivity index (χ0v) is 17.8. The van der Waals surface area contributed by atoms with Crippen molar-refractivity contribution < 1.29 is 23.1 Å². The van der Waals surface area contributed by atoms with Crippen LogP contribution in [0.25, 0.3) is 0 Å². The summed E-state index contributed by atoms with van der Waals surface area (Å²) in [6, 6.07) is 24.1. The molecule has 0 aliphatic heterocycles. The molecule has 1 N–H and O–H groups in total. The van der Waals surface area contributed by atoms with E-state index in [9.17, 15) is 9.36 Å². The van der Waals surface area contributed by atoms with Gasteiger partial charge < -0.3 is 13.8 Å². The van der Waals surface area contributed by atoms with E-state index in [0.717, 1.165) is 11.1 Å². The largest absolute Gasteiger partial charge is 0.513 e. The Hall–Kier alpha value is -3.08. The SMILES string of the molecule is Cc1ccc(O[P@@](=O)(N[C@@H](C)C(=O)OCc2ccccc2)Oc2ccccc2)cc1. The van der Waals surface area contributed by atoms with Crippen LogP contribution < -0.4 is 14.1 Å². The number of hydrogen-bond acceptors (Lipinski definition) is 5. The molecule has 0 radical (unpaired) electrons. The van der Waals surface area contributed by atoms with Crippen LogP contribution in [0, 0.1) is 6.92 Å². The molecule has 2 atom stereocenters. The summed E-state index contributed by atoms with van der Waals surface area (Å²) in [6.45, 7) is 3.61. The van der Waals surface area contributed by atoms with Gasteiger partial charge in [0.05, 0.1) is 0 Å². The lowest BCUT2D eigenvalue weighted by atomic mass is 10.2. The molecule has 0 amide bonds. The van der Waals surface area contributed by atoms with Gasteiger partial charge in [0.15, 0.2) is 0 Å². The molecule has 0 fully saturated rings. The minimum absolute atomic E-state index is 0.119. The second kappa shape index (κ2) is 10.1. The van der Waals surface area contributed by atoms with Crippen LogP contribution in [0.15, 0.2) is 84.9 Å². The van der Waals surface area contributed by atoms with Crippen molar-refractivity contribution in [1.29, 1.82) is 0 Å². The molecule has 3 rings (SSSR count). The number of carbonyl (C=O) groups excluding carboxylic acids is 1. The molecule has 156 valence electrons. The number of para-hydroxylation sites is 1. The number of nitrogens with one attached hydrogen (secondary N) is 1. The van der Waals surface area contributed by atoms with Gasteiger partial charge in [0.25, 0.3) is 0 Å². The van der Waals surface area contributed by atoms with E-state index in [2.05, 4.69) is 5.09 Å². The minimum Gasteiger partial charge on any atom is -0.460 e. The van der Waals surface area contributed by atoms with Crippen molar-refractivity contribution in [3.05, 3.63) is 96.1 Å². The predicted octanol–water partition coefficient (Wildman–Crippen LogP) is 5.28. The third-order valence-corrected chi connectivity index (χ3v) is 5.75. The molecule has 0 spiro atoms. The van der Waals surface area contributed by atoms with E-state index < -0.39 is 19.8 Å². The lowest BCUT2D eigenvalue weighted by Gasteiger charge is -2.23. The van der Waals surface area contributed by atoms with Crippen LogP contribution in [-0.4, -0.2) is 12.0 Å². The molecule has 0 bridgehead atoms. The Bertz CT molecular complexity index is 993. The lowest BCUT2D eigenvalue weighted by molar-refractivity contribution is -0.146. The number of benzene rings is 3. The third-order valence-electron chi connectivity index (χ3n) is 4.14. The third kappa shape index (κ3) is 6.48. The van der Waals surface area contributed by atoms with Crippen molar-refractivity contribution in [1.82, 2.24) is 5.09 Å². The highest BCUT2D eigenvalue weighted by Crippen LogP contribution is 2.45. The molecule has 0 heterocycles. The summed E-state index contributed by atoms with van der Waals surface area (Å²) < 4.78 is 30.1. The maximum Gasteiger partial charge on any atom is 0.513 e. The second-order valence-electron chi connectivity index (χ2n) is 6.75. The molecule has 0 aliphatic carbocycles. The average molecular weight is 425 g/mol. The number of rotatable bonds is 9. The molecule has 3 aromatic carbocycles. The first-order chi connectivity index (χ1) is 14.4. The van der Waals surface area contributed by atoms with Crippen LogP contribution in [-0.2, 0) is 20.7 Å². The summed E-state index contributed by atoms with van der Waals surface area (Å²) in [5.74, 6) is 0.144. The van der Waals surface area contributed by atoms with E-state index in [0.29, 0.717) is 11.5 Å². The molecular formula is C23H24NO5P. The van der Waals surface area contributed by atoms with E-state index >= 15 is 0 Å². The molecule has 0 unspecified atom stereocenters. The van der Waals surface area contributed by atoms with Gasteiger partial charge in [-0.25, -0.2) is 4.57 Å². The maximum absolute atomic E-state index is 13.5. The van der Waals surface area contributed by atoms with Gasteiger partial charge in [-0.1, -0.05) is 66.2 Å². The first kappa shape index (κ1) is 21.6. The highest BCUT2D eigenvalue weighted by molar-refractivity contribution is 7.52. The van der Waals surface area contributed by atoms with E-state index in [1.807, 2.05) is 55.5 Å². The van der Waals surface area contributed by atoms with Gasteiger partial charge in [-0.2, -0.15) is 5.09 Å². The molecule has 6 nitrogen and oxygen atoms in total. The standard InChI is InChI=1S/C23H24NO5P/c1-18-13-15-22(16-14-18)29-30(26,28-21-11-7-4-8-12-21)24-19(2)23(25)27-17-20-9-5-3-6-10-20/h3-16,19H,17H2,1-2H3,(H,24,26)/t19-,30+/m0/s1. The van der Waals surface area contributed by atoms with Crippen molar-refractivity contribution in [2.45, 2.75) is 26.5 Å². The lowest BCUT2D eigenvalue weighted by Crippen LogP contribution is -2.35. The fraction of sp³-hybridized carbons (Fsp3) is 0.174. The van der Waals surface area contributed by atoms with Gasteiger partial charge >= 0.3 is 13.7 Å². The van der Waals surface area contributed by atoms with Gasteiger partial charge in [-0.3, -0.25) is 4.79 Å². The normalized spacial score (nSPS) is 13.7. The monoisotopic (exact) mass is 425 g/mol. The second-order valence-corrected chi connectivity index (χ2v) is 8.37. The number of aryl methyl sites for hydroxylation is 1. The Morgan fingerprint density at radius 1 is 0.867 bits per heavy atom. The first-order valence-electron chi connectivity index (χ1n) is 9.53. The van der Waals surface area contributed by atoms with Crippen LogP contribution in [0.1, 0.15) is 18.1 Å². The highest BCUT2D eigenvalue weighted by atomic mass is 31.2. The van der Waals surface area contributed by atoms with E-state index in [1.54, 1.807) is 43.3 Å². The Labute approximate surface area is 176 Å². The minimum atomic E-state index is -3.93. The van der Waals surface area contributed by atoms with Gasteiger partial charge in [0.1, 0.15) is 24.1 Å². The van der Waals surface area contributed by atoms with Crippen molar-refractivity contribution in [3.63, 3.8) is 0 Å². The molecule has 7 heteroatoms. The zero-order chi connectivity index (χ0) is 21.4. The maximum atomic E-state index is 13.5. The Kier molecular flexibility index (Phi) is 7.28. The van der Waals surface area contributed by atoms with Gasteiger partial charge in [0.2, 0.25) is 0 Å². The summed E-state index contributed by atoms with van der Waals surface area (Å²) in [5.41, 5.74) is 1.89. The van der Waals surface area contributed by atoms with Crippen LogP contribution >= 0.6 is 7.75 Å². The molecule has 30 heavy (non-hydrogen) atoms. The average Bonchev–Trinajstić information content (AvgIpc) is 2.75. The van der Waals surface area contributed by atoms with Crippen LogP contribution in [0.2, 0.25) is 0 Å². The van der Waals surface area contributed by atoms with Crippen molar-refractivity contribution >= 4 is 13.7 Å². The zero-order valence-electron chi connectivity index (χ0n) is 16.9. The van der Waals surface area contributed by atoms with E-state index in [1.165, 1.54) is 0 Å². The van der Waals surface area contributed by atoms with Gasteiger partial charge in [-0.15, -0.1) is 0 Å². The molecular weight excluding hydrogens is 401 g/mol. The Morgan fingerprint density at radius 3 is 2.00 bits per heavy atom. The fourth-order valence-corrected chi connectivity index (χ4v) is 4.09. The number of ether oxygens (including phenoxy) is 1. The van der Waals surface area contributed by atoms with Crippen molar-refractivity contribution in [2.75, 3.05) is 0 Å². The highest BCUT2D eigenvalue weighted by Gasteiger charge is 2.33. The topological polar surface area (TPSA) is 73.9 Å². The Morgan fingerprint density at radius 2 is 1.40 bits per heavy atom. The summed E-state index contributed by atoms with van der Waals surface area (Å²) in [7, 11) is -3.93. The molecule has 0 saturated carbocycles. The first-order valence-corrected chi connectivity index (χ1v) is 11.1. The molecule has 0 aliphatic rings. The van der Waals surface area contributed by atoms with E-state index in [4.69, 9.17) is 13.8 Å².